The van der Waals surface area contributed by atoms with E-state index in [0.717, 1.165) is 62.9 Å². The molecule has 3 heterocycles. The van der Waals surface area contributed by atoms with Gasteiger partial charge in [0.05, 0.1) is 0 Å². The third kappa shape index (κ3) is 5.77. The number of aromatic nitrogens is 1. The van der Waals surface area contributed by atoms with Crippen molar-refractivity contribution in [1.82, 2.24) is 14.8 Å². The van der Waals surface area contributed by atoms with Gasteiger partial charge >= 0.3 is 0 Å². The van der Waals surface area contributed by atoms with Crippen molar-refractivity contribution < 1.29 is 4.79 Å². The predicted molar refractivity (Wildman–Crippen MR) is 126 cm³/mol. The Hall–Kier alpha value is -1.57. The zero-order chi connectivity index (χ0) is 20.9. The van der Waals surface area contributed by atoms with Gasteiger partial charge in [0, 0.05) is 46.4 Å². The van der Waals surface area contributed by atoms with Crippen molar-refractivity contribution in [3.63, 3.8) is 0 Å². The number of amides is 1. The lowest BCUT2D eigenvalue weighted by Gasteiger charge is -2.37. The summed E-state index contributed by atoms with van der Waals surface area (Å²) in [6.45, 7) is 4.59. The number of likely N-dealkylation sites (tertiary alicyclic amines) is 2. The molecule has 2 aromatic rings. The van der Waals surface area contributed by atoms with Crippen molar-refractivity contribution in [1.29, 1.82) is 0 Å². The van der Waals surface area contributed by atoms with Crippen molar-refractivity contribution in [2.24, 2.45) is 5.92 Å². The van der Waals surface area contributed by atoms with Crippen LogP contribution in [0.2, 0.25) is 0 Å². The number of piperidine rings is 2. The average molecular weight is 489 g/mol. The number of carbonyl (C=O) groups is 1. The van der Waals surface area contributed by atoms with E-state index < -0.39 is 0 Å². The Balaban J connectivity index is 1.21. The molecule has 0 spiro atoms. The Morgan fingerprint density at radius 1 is 1.10 bits per heavy atom. The summed E-state index contributed by atoms with van der Waals surface area (Å²) in [5, 5.41) is 0.595. The maximum atomic E-state index is 13.0. The SMILES string of the molecule is Nc1cc(CN2CCC(C(=O)N3CCC(Sc4cccc(Br)c4)CC3)CC2)ccn1. The lowest BCUT2D eigenvalue weighted by molar-refractivity contribution is -0.138. The Bertz CT molecular complexity index is 794. The van der Waals surface area contributed by atoms with Gasteiger partial charge in [-0.25, -0.2) is 4.98 Å². The second-order valence-electron chi connectivity index (χ2n) is 8.24. The number of benzene rings is 1. The van der Waals surface area contributed by atoms with Crippen LogP contribution in [0, 0.1) is 5.92 Å². The zero-order valence-electron chi connectivity index (χ0n) is 17.2. The van der Waals surface area contributed by atoms with Gasteiger partial charge in [-0.1, -0.05) is 22.0 Å². The molecule has 0 unspecified atom stereocenters. The third-order valence-electron chi connectivity index (χ3n) is 6.04. The van der Waals surface area contributed by atoms with E-state index in [1.807, 2.05) is 23.9 Å². The molecule has 2 N–H and O–H groups in total. The first-order chi connectivity index (χ1) is 14.6. The van der Waals surface area contributed by atoms with E-state index in [-0.39, 0.29) is 5.92 Å². The number of hydrogen-bond donors (Lipinski definition) is 1. The molecule has 0 aliphatic carbocycles. The van der Waals surface area contributed by atoms with Crippen LogP contribution in [-0.4, -0.2) is 52.1 Å². The highest BCUT2D eigenvalue weighted by Crippen LogP contribution is 2.32. The summed E-state index contributed by atoms with van der Waals surface area (Å²) < 4.78 is 1.12. The number of hydrogen-bond acceptors (Lipinski definition) is 5. The molecule has 1 amide bonds. The second-order valence-corrected chi connectivity index (χ2v) is 10.5. The van der Waals surface area contributed by atoms with E-state index in [4.69, 9.17) is 5.73 Å². The van der Waals surface area contributed by atoms with E-state index in [0.29, 0.717) is 17.0 Å². The van der Waals surface area contributed by atoms with E-state index in [1.54, 1.807) is 6.20 Å². The molecular weight excluding hydrogens is 460 g/mol. The summed E-state index contributed by atoms with van der Waals surface area (Å²) in [6.07, 6.45) is 5.81. The molecule has 2 aliphatic rings. The van der Waals surface area contributed by atoms with Crippen LogP contribution in [0.25, 0.3) is 0 Å². The van der Waals surface area contributed by atoms with Gasteiger partial charge in [-0.2, -0.15) is 0 Å². The summed E-state index contributed by atoms with van der Waals surface area (Å²) in [6, 6.07) is 12.4. The lowest BCUT2D eigenvalue weighted by atomic mass is 9.94. The van der Waals surface area contributed by atoms with Gasteiger partial charge < -0.3 is 10.6 Å². The molecule has 2 saturated heterocycles. The number of nitrogens with zero attached hydrogens (tertiary/aromatic N) is 3. The molecule has 4 rings (SSSR count). The van der Waals surface area contributed by atoms with Crippen molar-refractivity contribution in [2.45, 2.75) is 42.4 Å². The number of halogens is 1. The Morgan fingerprint density at radius 2 is 1.87 bits per heavy atom. The minimum absolute atomic E-state index is 0.179. The molecular formula is C23H29BrN4OS. The van der Waals surface area contributed by atoms with Crippen molar-refractivity contribution in [3.8, 4) is 0 Å². The number of rotatable bonds is 5. The van der Waals surface area contributed by atoms with Crippen LogP contribution in [-0.2, 0) is 11.3 Å². The summed E-state index contributed by atoms with van der Waals surface area (Å²) in [5.41, 5.74) is 6.98. The number of anilines is 1. The lowest BCUT2D eigenvalue weighted by Crippen LogP contribution is -2.45. The first kappa shape index (κ1) is 21.7. The molecule has 2 aliphatic heterocycles. The first-order valence-corrected chi connectivity index (χ1v) is 12.4. The fourth-order valence-corrected chi connectivity index (χ4v) is 6.11. The maximum absolute atomic E-state index is 13.0. The van der Waals surface area contributed by atoms with Crippen LogP contribution >= 0.6 is 27.7 Å². The van der Waals surface area contributed by atoms with Gasteiger partial charge in [-0.05, 0) is 74.7 Å². The molecule has 160 valence electrons. The molecule has 0 saturated carbocycles. The second kappa shape index (κ2) is 10.2. The number of nitrogen functional groups attached to an aromatic ring is 1. The highest BCUT2D eigenvalue weighted by molar-refractivity contribution is 9.10. The molecule has 7 heteroatoms. The van der Waals surface area contributed by atoms with E-state index >= 15 is 0 Å². The average Bonchev–Trinajstić information content (AvgIpc) is 2.74. The summed E-state index contributed by atoms with van der Waals surface area (Å²) in [5.74, 6) is 1.12. The Morgan fingerprint density at radius 3 is 2.57 bits per heavy atom. The van der Waals surface area contributed by atoms with Gasteiger partial charge in [0.25, 0.3) is 0 Å². The van der Waals surface area contributed by atoms with Gasteiger partial charge in [-0.3, -0.25) is 9.69 Å². The zero-order valence-corrected chi connectivity index (χ0v) is 19.6. The number of carbonyl (C=O) groups excluding carboxylic acids is 1. The largest absolute Gasteiger partial charge is 0.384 e. The van der Waals surface area contributed by atoms with Crippen LogP contribution in [0.5, 0.6) is 0 Å². The minimum atomic E-state index is 0.179. The standard InChI is InChI=1S/C23H29BrN4OS/c24-19-2-1-3-21(15-19)30-20-7-12-28(13-8-20)23(29)18-5-10-27(11-6-18)16-17-4-9-26-22(25)14-17/h1-4,9,14-15,18,20H,5-8,10-13,16H2,(H2,25,26). The highest BCUT2D eigenvalue weighted by atomic mass is 79.9. The van der Waals surface area contributed by atoms with Crippen LogP contribution < -0.4 is 5.73 Å². The molecule has 0 atom stereocenters. The fourth-order valence-electron chi connectivity index (χ4n) is 4.37. The summed E-state index contributed by atoms with van der Waals surface area (Å²) in [4.78, 5) is 22.9. The molecule has 0 bridgehead atoms. The normalized spacial score (nSPS) is 19.2. The van der Waals surface area contributed by atoms with Gasteiger partial charge in [0.15, 0.2) is 0 Å². The van der Waals surface area contributed by atoms with Crippen LogP contribution in [0.1, 0.15) is 31.2 Å². The summed E-state index contributed by atoms with van der Waals surface area (Å²) >= 11 is 5.49. The molecule has 1 aromatic carbocycles. The highest BCUT2D eigenvalue weighted by Gasteiger charge is 2.31. The molecule has 30 heavy (non-hydrogen) atoms. The Kier molecular flexibility index (Phi) is 7.33. The molecule has 1 aromatic heterocycles. The quantitative estimate of drug-likeness (QED) is 0.674. The minimum Gasteiger partial charge on any atom is -0.384 e. The number of thioether (sulfide) groups is 1. The topological polar surface area (TPSA) is 62.5 Å². The third-order valence-corrected chi connectivity index (χ3v) is 7.87. The van der Waals surface area contributed by atoms with Crippen LogP contribution in [0.15, 0.2) is 52.0 Å². The molecule has 0 radical (unpaired) electrons. The monoisotopic (exact) mass is 488 g/mol. The van der Waals surface area contributed by atoms with E-state index in [1.165, 1.54) is 10.5 Å². The van der Waals surface area contributed by atoms with Crippen molar-refractivity contribution in [2.75, 3.05) is 31.9 Å². The number of nitrogens with two attached hydrogens (primary N) is 1. The van der Waals surface area contributed by atoms with Crippen LogP contribution in [0.3, 0.4) is 0 Å². The van der Waals surface area contributed by atoms with Gasteiger partial charge in [-0.15, -0.1) is 11.8 Å². The maximum Gasteiger partial charge on any atom is 0.225 e. The number of pyridine rings is 1. The van der Waals surface area contributed by atoms with E-state index in [2.05, 4.69) is 55.0 Å². The van der Waals surface area contributed by atoms with Gasteiger partial charge in [0.1, 0.15) is 5.82 Å². The van der Waals surface area contributed by atoms with Crippen molar-refractivity contribution >= 4 is 39.4 Å². The first-order valence-electron chi connectivity index (χ1n) is 10.7. The van der Waals surface area contributed by atoms with Crippen LogP contribution in [0.4, 0.5) is 5.82 Å². The fraction of sp³-hybridized carbons (Fsp3) is 0.478. The smallest absolute Gasteiger partial charge is 0.225 e. The Labute approximate surface area is 191 Å². The summed E-state index contributed by atoms with van der Waals surface area (Å²) in [7, 11) is 0. The van der Waals surface area contributed by atoms with E-state index in [9.17, 15) is 4.79 Å². The molecule has 2 fully saturated rings. The molecule has 5 nitrogen and oxygen atoms in total. The predicted octanol–water partition coefficient (Wildman–Crippen LogP) is 4.42. The van der Waals surface area contributed by atoms with Crippen molar-refractivity contribution in [3.05, 3.63) is 52.6 Å². The van der Waals surface area contributed by atoms with Gasteiger partial charge in [0.2, 0.25) is 5.91 Å².